The van der Waals surface area contributed by atoms with E-state index in [4.69, 9.17) is 18.9 Å². The molecule has 55 heavy (non-hydrogen) atoms. The van der Waals surface area contributed by atoms with E-state index in [1.807, 2.05) is 48.5 Å². The zero-order valence-electron chi connectivity index (χ0n) is 29.8. The SMILES string of the molecule is COc1cc2c(cc1OCc1cc(COc3cc4c(cc3OC)C(=O)N3c5ccccc5C[C@H]3C=N4)cc([N+](=O)[O-])c1)N=C[C@@H]1Cc3ccccc3N1C2=O. The minimum atomic E-state index is -0.478. The van der Waals surface area contributed by atoms with Gasteiger partial charge in [-0.1, -0.05) is 36.4 Å². The molecule has 5 aromatic rings. The number of amides is 2. The highest BCUT2D eigenvalue weighted by atomic mass is 16.6. The average Bonchev–Trinajstić information content (AvgIpc) is 3.70. The summed E-state index contributed by atoms with van der Waals surface area (Å²) in [5, 5.41) is 12.0. The molecule has 4 aliphatic heterocycles. The highest BCUT2D eigenvalue weighted by Crippen LogP contribution is 2.43. The summed E-state index contributed by atoms with van der Waals surface area (Å²) >= 11 is 0. The number of hydrogen-bond acceptors (Lipinski definition) is 10. The molecule has 2 amide bonds. The van der Waals surface area contributed by atoms with Crippen LogP contribution in [0.1, 0.15) is 43.0 Å². The Kier molecular flexibility index (Phi) is 8.25. The van der Waals surface area contributed by atoms with Gasteiger partial charge in [-0.15, -0.1) is 0 Å². The number of nitrogens with zero attached hydrogens (tertiary/aromatic N) is 5. The largest absolute Gasteiger partial charge is 0.493 e. The van der Waals surface area contributed by atoms with Gasteiger partial charge < -0.3 is 18.9 Å². The summed E-state index contributed by atoms with van der Waals surface area (Å²) < 4.78 is 23.6. The molecule has 0 spiro atoms. The normalized spacial score (nSPS) is 17.3. The summed E-state index contributed by atoms with van der Waals surface area (Å²) in [6.07, 6.45) is 4.89. The number of methoxy groups -OCH3 is 2. The van der Waals surface area contributed by atoms with Gasteiger partial charge in [-0.05, 0) is 52.6 Å². The van der Waals surface area contributed by atoms with E-state index in [1.165, 1.54) is 26.4 Å². The first-order valence-corrected chi connectivity index (χ1v) is 17.7. The summed E-state index contributed by atoms with van der Waals surface area (Å²) in [4.78, 5) is 52.0. The fourth-order valence-electron chi connectivity index (χ4n) is 7.71. The van der Waals surface area contributed by atoms with Crippen LogP contribution in [-0.4, -0.2) is 55.5 Å². The van der Waals surface area contributed by atoms with Crippen LogP contribution >= 0.6 is 0 Å². The predicted octanol–water partition coefficient (Wildman–Crippen LogP) is 7.34. The highest BCUT2D eigenvalue weighted by molar-refractivity contribution is 6.15. The van der Waals surface area contributed by atoms with Gasteiger partial charge in [0, 0.05) is 60.9 Å². The Morgan fingerprint density at radius 2 is 1.11 bits per heavy atom. The van der Waals surface area contributed by atoms with Crippen LogP contribution in [0.25, 0.3) is 0 Å². The highest BCUT2D eigenvalue weighted by Gasteiger charge is 2.38. The number of hydrogen-bond donors (Lipinski definition) is 0. The lowest BCUT2D eigenvalue weighted by Crippen LogP contribution is -2.37. The molecular formula is C42H33N5O8. The van der Waals surface area contributed by atoms with Crippen molar-refractivity contribution in [2.75, 3.05) is 24.0 Å². The van der Waals surface area contributed by atoms with Gasteiger partial charge in [-0.25, -0.2) is 0 Å². The molecule has 0 fully saturated rings. The second-order valence-corrected chi connectivity index (χ2v) is 13.6. The van der Waals surface area contributed by atoms with E-state index in [1.54, 1.807) is 52.6 Å². The Morgan fingerprint density at radius 3 is 1.55 bits per heavy atom. The summed E-state index contributed by atoms with van der Waals surface area (Å²) in [5.41, 5.74) is 6.38. The average molecular weight is 736 g/mol. The van der Waals surface area contributed by atoms with Crippen LogP contribution in [0.15, 0.2) is 101 Å². The second kappa shape index (κ2) is 13.4. The smallest absolute Gasteiger partial charge is 0.270 e. The van der Waals surface area contributed by atoms with Crippen LogP contribution in [0.2, 0.25) is 0 Å². The Morgan fingerprint density at radius 1 is 0.655 bits per heavy atom. The molecule has 0 N–H and O–H groups in total. The third kappa shape index (κ3) is 5.89. The van der Waals surface area contributed by atoms with Crippen molar-refractivity contribution in [2.24, 2.45) is 9.98 Å². The van der Waals surface area contributed by atoms with Crippen molar-refractivity contribution >= 4 is 52.7 Å². The van der Waals surface area contributed by atoms with Gasteiger partial charge in [-0.3, -0.25) is 39.5 Å². The minimum absolute atomic E-state index is 0.0522. The van der Waals surface area contributed by atoms with Crippen LogP contribution in [-0.2, 0) is 26.1 Å². The van der Waals surface area contributed by atoms with Crippen molar-refractivity contribution in [3.63, 3.8) is 0 Å². The number of rotatable bonds is 9. The van der Waals surface area contributed by atoms with Crippen LogP contribution in [0.4, 0.5) is 28.4 Å². The van der Waals surface area contributed by atoms with E-state index in [0.29, 0.717) is 69.5 Å². The first-order chi connectivity index (χ1) is 26.8. The molecule has 0 aromatic heterocycles. The van der Waals surface area contributed by atoms with Gasteiger partial charge in [0.05, 0.1) is 53.7 Å². The van der Waals surface area contributed by atoms with Gasteiger partial charge in [0.2, 0.25) is 0 Å². The van der Waals surface area contributed by atoms with Crippen LogP contribution in [0.5, 0.6) is 23.0 Å². The number of ether oxygens (including phenoxy) is 4. The van der Waals surface area contributed by atoms with Gasteiger partial charge in [0.15, 0.2) is 23.0 Å². The summed E-state index contributed by atoms with van der Waals surface area (Å²) in [7, 11) is 2.96. The summed E-state index contributed by atoms with van der Waals surface area (Å²) in [6.45, 7) is -0.104. The quantitative estimate of drug-likeness (QED) is 0.113. The molecule has 13 heteroatoms. The second-order valence-electron chi connectivity index (χ2n) is 13.6. The molecule has 9 rings (SSSR count). The van der Waals surface area contributed by atoms with Gasteiger partial charge >= 0.3 is 0 Å². The molecule has 4 aliphatic rings. The minimum Gasteiger partial charge on any atom is -0.493 e. The molecule has 0 unspecified atom stereocenters. The van der Waals surface area contributed by atoms with Gasteiger partial charge in [0.25, 0.3) is 17.5 Å². The van der Waals surface area contributed by atoms with Gasteiger partial charge in [-0.2, -0.15) is 0 Å². The molecule has 0 bridgehead atoms. The lowest BCUT2D eigenvalue weighted by Gasteiger charge is -2.22. The first-order valence-electron chi connectivity index (χ1n) is 17.7. The van der Waals surface area contributed by atoms with Crippen LogP contribution in [0, 0.1) is 10.1 Å². The van der Waals surface area contributed by atoms with Crippen molar-refractivity contribution in [3.05, 3.63) is 134 Å². The van der Waals surface area contributed by atoms with Crippen LogP contribution < -0.4 is 28.7 Å². The number of carbonyl (C=O) groups excluding carboxylic acids is 2. The third-order valence-corrected chi connectivity index (χ3v) is 10.3. The van der Waals surface area contributed by atoms with E-state index in [0.717, 1.165) is 22.5 Å². The van der Waals surface area contributed by atoms with Crippen molar-refractivity contribution in [2.45, 2.75) is 38.1 Å². The van der Waals surface area contributed by atoms with Crippen molar-refractivity contribution in [1.82, 2.24) is 0 Å². The van der Waals surface area contributed by atoms with E-state index in [-0.39, 0.29) is 42.8 Å². The van der Waals surface area contributed by atoms with Gasteiger partial charge in [0.1, 0.15) is 13.2 Å². The number of nitro groups is 1. The van der Waals surface area contributed by atoms with E-state index >= 15 is 0 Å². The zero-order valence-corrected chi connectivity index (χ0v) is 29.8. The molecule has 0 aliphatic carbocycles. The van der Waals surface area contributed by atoms with Crippen molar-refractivity contribution in [1.29, 1.82) is 0 Å². The number of anilines is 2. The maximum Gasteiger partial charge on any atom is 0.270 e. The van der Waals surface area contributed by atoms with Crippen LogP contribution in [0.3, 0.4) is 0 Å². The Balaban J connectivity index is 0.951. The molecule has 4 heterocycles. The lowest BCUT2D eigenvalue weighted by atomic mass is 10.1. The molecule has 274 valence electrons. The summed E-state index contributed by atoms with van der Waals surface area (Å²) in [6, 6.07) is 26.4. The number of non-ortho nitro benzene ring substituents is 1. The maximum absolute atomic E-state index is 13.8. The Bertz CT molecular complexity index is 2340. The molecule has 0 saturated carbocycles. The number of carbonyl (C=O) groups is 2. The molecule has 5 aromatic carbocycles. The Hall–Kier alpha value is -7.02. The van der Waals surface area contributed by atoms with E-state index < -0.39 is 4.92 Å². The van der Waals surface area contributed by atoms with Crippen molar-refractivity contribution in [3.8, 4) is 23.0 Å². The maximum atomic E-state index is 13.8. The molecule has 13 nitrogen and oxygen atoms in total. The third-order valence-electron chi connectivity index (χ3n) is 10.3. The van der Waals surface area contributed by atoms with E-state index in [2.05, 4.69) is 9.98 Å². The number of nitro benzene ring substituents is 1. The fourth-order valence-corrected chi connectivity index (χ4v) is 7.71. The Labute approximate surface area is 315 Å². The summed E-state index contributed by atoms with van der Waals surface area (Å²) in [5.74, 6) is 0.919. The number of benzene rings is 5. The number of fused-ring (bicyclic) bond motifs is 8. The predicted molar refractivity (Wildman–Crippen MR) is 206 cm³/mol. The number of para-hydroxylation sites is 2. The fraction of sp³-hybridized carbons (Fsp3) is 0.190. The first kappa shape index (κ1) is 33.8. The molecule has 0 radical (unpaired) electrons. The van der Waals surface area contributed by atoms with E-state index in [9.17, 15) is 19.7 Å². The molecule has 0 saturated heterocycles. The molecule has 2 atom stereocenters. The van der Waals surface area contributed by atoms with Crippen molar-refractivity contribution < 1.29 is 33.5 Å². The monoisotopic (exact) mass is 735 g/mol. The number of aliphatic imine (C=N–C) groups is 2. The molecular weight excluding hydrogens is 702 g/mol. The zero-order chi connectivity index (χ0) is 37.8. The standard InChI is InChI=1S/C42H33N5O8/c1-52-37-16-31-33(43-20-29-14-26-7-3-5-9-35(26)45(29)41(31)48)18-39(37)54-22-24-11-25(13-28(12-24)47(50)51)23-55-40-19-34-32(17-38(40)53-2)42(49)46-30(21-44-34)15-27-8-4-6-10-36(27)46/h3-13,16-21,29-30H,14-15,22-23H2,1-2H3/t29-,30-/m0/s1. The topological polar surface area (TPSA) is 145 Å². The lowest BCUT2D eigenvalue weighted by molar-refractivity contribution is -0.385.